The maximum atomic E-state index is 14.1. The topological polar surface area (TPSA) is 32.7 Å². The van der Waals surface area contributed by atoms with Crippen molar-refractivity contribution in [1.29, 1.82) is 0 Å². The van der Waals surface area contributed by atoms with Crippen LogP contribution in [0.1, 0.15) is 38.4 Å². The number of hydrogen-bond donors (Lipinski definition) is 1. The highest BCUT2D eigenvalue weighted by Crippen LogP contribution is 2.31. The molecule has 0 spiro atoms. The van der Waals surface area contributed by atoms with Crippen LogP contribution < -0.4 is 4.90 Å². The van der Waals surface area contributed by atoms with Crippen molar-refractivity contribution in [3.05, 3.63) is 29.6 Å². The van der Waals surface area contributed by atoms with Gasteiger partial charge in [-0.15, -0.1) is 0 Å². The zero-order valence-electron chi connectivity index (χ0n) is 11.6. The summed E-state index contributed by atoms with van der Waals surface area (Å²) in [6, 6.07) is 4.89. The number of para-hydroxylation sites is 1. The molecule has 1 heterocycles. The first-order valence-electron chi connectivity index (χ1n) is 6.96. The molecule has 2 rings (SSSR count). The number of rotatable bonds is 4. The van der Waals surface area contributed by atoms with Gasteiger partial charge in [-0.05, 0) is 32.8 Å². The van der Waals surface area contributed by atoms with Gasteiger partial charge >= 0.3 is 0 Å². The lowest BCUT2D eigenvalue weighted by Crippen LogP contribution is -2.38. The average Bonchev–Trinajstić information content (AvgIpc) is 2.40. The quantitative estimate of drug-likeness (QED) is 0.910. The predicted octanol–water partition coefficient (Wildman–Crippen LogP) is 2.88. The Morgan fingerprint density at radius 2 is 2.11 bits per heavy atom. The summed E-state index contributed by atoms with van der Waals surface area (Å²) in [5.74, 6) is -0.256. The molecular formula is C15H22FNO2. The van der Waals surface area contributed by atoms with Gasteiger partial charge in [-0.25, -0.2) is 4.39 Å². The standard InChI is InChI=1S/C15H22FNO2/c1-3-19-12-7-9-17(10-8-12)15-13(11(2)18)5-4-6-14(15)16/h4-6,11-12,18H,3,7-10H2,1-2H3. The normalized spacial score (nSPS) is 18.6. The molecular weight excluding hydrogens is 245 g/mol. The fraction of sp³-hybridized carbons (Fsp3) is 0.600. The van der Waals surface area contributed by atoms with Crippen LogP contribution in [0.5, 0.6) is 0 Å². The second-order valence-corrected chi connectivity index (χ2v) is 5.00. The Hall–Kier alpha value is -1.13. The van der Waals surface area contributed by atoms with Crippen LogP contribution in [0.3, 0.4) is 0 Å². The smallest absolute Gasteiger partial charge is 0.146 e. The van der Waals surface area contributed by atoms with E-state index >= 15 is 0 Å². The van der Waals surface area contributed by atoms with Gasteiger partial charge in [0.15, 0.2) is 0 Å². The molecule has 0 amide bonds. The first kappa shape index (κ1) is 14.3. The number of halogens is 1. The largest absolute Gasteiger partial charge is 0.389 e. The van der Waals surface area contributed by atoms with Crippen LogP contribution in [0.4, 0.5) is 10.1 Å². The van der Waals surface area contributed by atoms with Crippen LogP contribution in [0.2, 0.25) is 0 Å². The Morgan fingerprint density at radius 3 is 2.68 bits per heavy atom. The zero-order chi connectivity index (χ0) is 13.8. The molecule has 0 aliphatic carbocycles. The van der Waals surface area contributed by atoms with E-state index in [1.54, 1.807) is 19.1 Å². The summed E-state index contributed by atoms with van der Waals surface area (Å²) in [7, 11) is 0. The number of nitrogens with zero attached hydrogens (tertiary/aromatic N) is 1. The van der Waals surface area contributed by atoms with Gasteiger partial charge in [0.2, 0.25) is 0 Å². The summed E-state index contributed by atoms with van der Waals surface area (Å²) in [6.45, 7) is 5.93. The Kier molecular flexibility index (Phi) is 4.77. The molecule has 0 radical (unpaired) electrons. The Balaban J connectivity index is 2.15. The van der Waals surface area contributed by atoms with E-state index in [9.17, 15) is 9.50 Å². The van der Waals surface area contributed by atoms with E-state index in [-0.39, 0.29) is 11.9 Å². The van der Waals surface area contributed by atoms with Crippen LogP contribution in [0, 0.1) is 5.82 Å². The molecule has 0 bridgehead atoms. The summed E-state index contributed by atoms with van der Waals surface area (Å²) in [5.41, 5.74) is 1.21. The molecule has 1 unspecified atom stereocenters. The highest BCUT2D eigenvalue weighted by molar-refractivity contribution is 5.56. The zero-order valence-corrected chi connectivity index (χ0v) is 11.6. The first-order valence-corrected chi connectivity index (χ1v) is 6.96. The van der Waals surface area contributed by atoms with E-state index in [1.165, 1.54) is 6.07 Å². The highest BCUT2D eigenvalue weighted by Gasteiger charge is 2.24. The minimum atomic E-state index is -0.657. The van der Waals surface area contributed by atoms with Gasteiger partial charge < -0.3 is 14.7 Å². The molecule has 0 aromatic heterocycles. The van der Waals surface area contributed by atoms with Crippen LogP contribution in [-0.4, -0.2) is 30.9 Å². The maximum absolute atomic E-state index is 14.1. The predicted molar refractivity (Wildman–Crippen MR) is 73.9 cm³/mol. The van der Waals surface area contributed by atoms with E-state index in [4.69, 9.17) is 4.74 Å². The Labute approximate surface area is 114 Å². The average molecular weight is 267 g/mol. The third-order valence-corrected chi connectivity index (χ3v) is 3.63. The minimum absolute atomic E-state index is 0.256. The van der Waals surface area contributed by atoms with E-state index in [0.717, 1.165) is 32.5 Å². The van der Waals surface area contributed by atoms with Crippen molar-refractivity contribution in [1.82, 2.24) is 0 Å². The molecule has 1 fully saturated rings. The molecule has 1 aliphatic rings. The maximum Gasteiger partial charge on any atom is 0.146 e. The molecule has 1 aromatic rings. The SMILES string of the molecule is CCOC1CCN(c2c(F)cccc2C(C)O)CC1. The van der Waals surface area contributed by atoms with E-state index in [1.807, 2.05) is 11.8 Å². The van der Waals surface area contributed by atoms with E-state index in [0.29, 0.717) is 11.3 Å². The fourth-order valence-corrected chi connectivity index (χ4v) is 2.68. The number of hydrogen-bond acceptors (Lipinski definition) is 3. The molecule has 0 saturated carbocycles. The number of aliphatic hydroxyl groups excluding tert-OH is 1. The summed E-state index contributed by atoms with van der Waals surface area (Å²) < 4.78 is 19.7. The van der Waals surface area contributed by atoms with Crippen molar-refractivity contribution >= 4 is 5.69 Å². The summed E-state index contributed by atoms with van der Waals surface area (Å²) >= 11 is 0. The lowest BCUT2D eigenvalue weighted by molar-refractivity contribution is 0.0457. The van der Waals surface area contributed by atoms with Crippen molar-refractivity contribution in [2.75, 3.05) is 24.6 Å². The van der Waals surface area contributed by atoms with Crippen LogP contribution >= 0.6 is 0 Å². The molecule has 106 valence electrons. The van der Waals surface area contributed by atoms with Crippen molar-refractivity contribution in [3.63, 3.8) is 0 Å². The van der Waals surface area contributed by atoms with Crippen molar-refractivity contribution < 1.29 is 14.2 Å². The number of benzene rings is 1. The van der Waals surface area contributed by atoms with Crippen molar-refractivity contribution in [3.8, 4) is 0 Å². The van der Waals surface area contributed by atoms with Gasteiger partial charge in [0, 0.05) is 25.3 Å². The lowest BCUT2D eigenvalue weighted by atomic mass is 10.0. The van der Waals surface area contributed by atoms with Gasteiger partial charge in [-0.3, -0.25) is 0 Å². The first-order chi connectivity index (χ1) is 9.13. The molecule has 3 nitrogen and oxygen atoms in total. The Bertz CT molecular complexity index is 415. The molecule has 1 N–H and O–H groups in total. The highest BCUT2D eigenvalue weighted by atomic mass is 19.1. The third-order valence-electron chi connectivity index (χ3n) is 3.63. The lowest BCUT2D eigenvalue weighted by Gasteiger charge is -2.35. The molecule has 1 saturated heterocycles. The van der Waals surface area contributed by atoms with Gasteiger partial charge in [0.25, 0.3) is 0 Å². The molecule has 1 atom stereocenters. The van der Waals surface area contributed by atoms with Crippen molar-refractivity contribution in [2.24, 2.45) is 0 Å². The van der Waals surface area contributed by atoms with Crippen LogP contribution in [0.15, 0.2) is 18.2 Å². The van der Waals surface area contributed by atoms with Gasteiger partial charge in [0.1, 0.15) is 5.82 Å². The fourth-order valence-electron chi connectivity index (χ4n) is 2.68. The molecule has 1 aromatic carbocycles. The summed E-state index contributed by atoms with van der Waals surface area (Å²) in [4.78, 5) is 2.02. The number of piperidine rings is 1. The molecule has 1 aliphatic heterocycles. The Morgan fingerprint density at radius 1 is 1.42 bits per heavy atom. The second kappa shape index (κ2) is 6.35. The second-order valence-electron chi connectivity index (χ2n) is 5.00. The van der Waals surface area contributed by atoms with Gasteiger partial charge in [-0.2, -0.15) is 0 Å². The van der Waals surface area contributed by atoms with E-state index in [2.05, 4.69) is 0 Å². The number of aliphatic hydroxyl groups is 1. The summed E-state index contributed by atoms with van der Waals surface area (Å²) in [6.07, 6.45) is 1.43. The molecule has 19 heavy (non-hydrogen) atoms. The van der Waals surface area contributed by atoms with E-state index < -0.39 is 6.10 Å². The van der Waals surface area contributed by atoms with Crippen LogP contribution in [-0.2, 0) is 4.74 Å². The van der Waals surface area contributed by atoms with Gasteiger partial charge in [0.05, 0.1) is 17.9 Å². The van der Waals surface area contributed by atoms with Crippen molar-refractivity contribution in [2.45, 2.75) is 38.9 Å². The van der Waals surface area contributed by atoms with Gasteiger partial charge in [-0.1, -0.05) is 12.1 Å². The van der Waals surface area contributed by atoms with Crippen LogP contribution in [0.25, 0.3) is 0 Å². The third kappa shape index (κ3) is 3.25. The summed E-state index contributed by atoms with van der Waals surface area (Å²) in [5, 5.41) is 9.78. The minimum Gasteiger partial charge on any atom is -0.389 e. The number of anilines is 1. The number of ether oxygens (including phenoxy) is 1. The monoisotopic (exact) mass is 267 g/mol. The molecule has 4 heteroatoms.